The first-order chi connectivity index (χ1) is 62.6. The molecule has 0 amide bonds. The highest BCUT2D eigenvalue weighted by atomic mass is 35.5. The summed E-state index contributed by atoms with van der Waals surface area (Å²) in [5.74, 6) is 1.14. The van der Waals surface area contributed by atoms with Gasteiger partial charge in [-0.1, -0.05) is 42.2 Å². The molecule has 2 saturated carbocycles. The molecule has 50 nitrogen and oxygen atoms in total. The van der Waals surface area contributed by atoms with Crippen LogP contribution in [0.1, 0.15) is 158 Å². The summed E-state index contributed by atoms with van der Waals surface area (Å²) in [7, 11) is -17.2. The van der Waals surface area contributed by atoms with Crippen LogP contribution in [0, 0.1) is 0 Å². The van der Waals surface area contributed by atoms with E-state index in [9.17, 15) is 32.4 Å². The molecule has 9 heterocycles. The maximum Gasteiger partial charge on any atom is 0.356 e. The van der Waals surface area contributed by atoms with E-state index in [-0.39, 0.29) is 175 Å². The van der Waals surface area contributed by atoms with Gasteiger partial charge in [0.15, 0.2) is 55.6 Å². The molecule has 58 heteroatoms. The molecule has 0 unspecified atom stereocenters. The minimum atomic E-state index is -4.15. The Morgan fingerprint density at radius 2 is 0.761 bits per heavy atom. The number of nitrogens with two attached hydrogens (primary N) is 4. The van der Waals surface area contributed by atoms with Crippen molar-refractivity contribution >= 4 is 165 Å². The van der Waals surface area contributed by atoms with E-state index in [4.69, 9.17) is 142 Å². The molecule has 8 aromatic rings. The van der Waals surface area contributed by atoms with Crippen LogP contribution < -0.4 is 33.6 Å². The molecular formula is C76H136Cl3N22O28P5. The number of nitrogens with zero attached hydrogens (tertiary/aromatic N) is 15. The average molecular weight is 2070 g/mol. The maximum absolute atomic E-state index is 12.8. The number of esters is 2. The number of ether oxygens (including phenoxy) is 10. The number of aliphatic hydroxyl groups is 1. The molecule has 0 bridgehead atoms. The Balaban J connectivity index is 0.000000408. The largest absolute Gasteiger partial charge is 0.463 e. The van der Waals surface area contributed by atoms with Crippen LogP contribution in [0.3, 0.4) is 0 Å². The highest BCUT2D eigenvalue weighted by Gasteiger charge is 2.33. The molecule has 11 rings (SSSR count). The molecule has 0 spiro atoms. The Morgan fingerprint density at radius 3 is 1.08 bits per heavy atom. The summed E-state index contributed by atoms with van der Waals surface area (Å²) >= 11 is 16.8. The van der Waals surface area contributed by atoms with Gasteiger partial charge >= 0.3 is 49.9 Å². The molecule has 14 N–H and O–H groups in total. The molecule has 2 aliphatic carbocycles. The number of carbonyl (C=O) groups excluding carboxylic acids is 2. The predicted molar refractivity (Wildman–Crippen MR) is 505 cm³/mol. The number of rotatable bonds is 48. The number of nitrogens with one attached hydrogen (secondary N) is 3. The molecular weight excluding hydrogens is 1930 g/mol. The van der Waals surface area contributed by atoms with Gasteiger partial charge in [-0.2, -0.15) is 39.9 Å². The zero-order valence-corrected chi connectivity index (χ0v) is 84.9. The van der Waals surface area contributed by atoms with Crippen LogP contribution in [0.2, 0.25) is 10.3 Å². The SMILES string of the molecule is C.C1COCO1.CC(=O)OCCOCCl.CC(=O)OCCOCP(=O)(OC(C)C)OC(C)C.CC(C)OP(=O)(COCCO)OC(C)C.CC(C)OP(=O)(COCCn1cnc2c(Cl)nc(N)nc21)OC(C)C.CC(C)OP(=O)(COCCn1cnc2c(NC3CC3)nc(N)nc21)OC(C)C.Nc1nc(Cl)c2[nH]cnc2n1.Nc1nc(NC2CC2)c2ncn(CCOCP(=O)(O)O)c2n1. The normalized spacial score (nSPS) is 13.5. The predicted octanol–water partition coefficient (Wildman–Crippen LogP) is 12.8. The Hall–Kier alpha value is -6.80. The highest BCUT2D eigenvalue weighted by molar-refractivity contribution is 7.54. The van der Waals surface area contributed by atoms with E-state index in [1.54, 1.807) is 111 Å². The number of hydrogen-bond acceptors (Lipinski definition) is 44. The lowest BCUT2D eigenvalue weighted by atomic mass is 10.4. The van der Waals surface area contributed by atoms with E-state index in [1.807, 2.05) is 32.3 Å². The van der Waals surface area contributed by atoms with Crippen molar-refractivity contribution < 1.29 is 131 Å². The Kier molecular flexibility index (Phi) is 56.4. The molecule has 0 aromatic carbocycles. The van der Waals surface area contributed by atoms with Crippen LogP contribution in [0.15, 0.2) is 25.3 Å². The molecule has 134 heavy (non-hydrogen) atoms. The number of aliphatic hydroxyl groups excluding tert-OH is 1. The van der Waals surface area contributed by atoms with E-state index in [0.29, 0.717) is 113 Å². The van der Waals surface area contributed by atoms with Crippen LogP contribution in [0.5, 0.6) is 0 Å². The molecule has 3 aliphatic rings. The lowest BCUT2D eigenvalue weighted by Crippen LogP contribution is -2.14. The molecule has 3 fully saturated rings. The van der Waals surface area contributed by atoms with Crippen molar-refractivity contribution in [3.05, 3.63) is 35.6 Å². The van der Waals surface area contributed by atoms with E-state index in [1.165, 1.54) is 20.2 Å². The number of aromatic amines is 1. The zero-order valence-electron chi connectivity index (χ0n) is 78.2. The van der Waals surface area contributed by atoms with Gasteiger partial charge in [0.25, 0.3) is 0 Å². The van der Waals surface area contributed by atoms with Crippen molar-refractivity contribution in [3.63, 3.8) is 0 Å². The summed E-state index contributed by atoms with van der Waals surface area (Å²) < 4.78 is 158. The summed E-state index contributed by atoms with van der Waals surface area (Å²) in [5, 5.41) is 15.6. The van der Waals surface area contributed by atoms with Crippen molar-refractivity contribution in [1.82, 2.24) is 78.5 Å². The molecule has 8 aromatic heterocycles. The lowest BCUT2D eigenvalue weighted by Gasteiger charge is -2.22. The van der Waals surface area contributed by atoms with Gasteiger partial charge in [0.05, 0.1) is 134 Å². The summed E-state index contributed by atoms with van der Waals surface area (Å²) in [6.07, 6.45) is 7.94. The van der Waals surface area contributed by atoms with Gasteiger partial charge < -0.3 is 151 Å². The maximum atomic E-state index is 12.8. The zero-order chi connectivity index (χ0) is 99.2. The quantitative estimate of drug-likeness (QED) is 0.00556. The molecule has 0 radical (unpaired) electrons. The fraction of sp³-hybridized carbons (Fsp3) is 0.711. The first kappa shape index (κ1) is 121. The number of hydrogen-bond donors (Lipinski definition) is 10. The second kappa shape index (κ2) is 62.3. The Bertz CT molecular complexity index is 4930. The third-order valence-corrected chi connectivity index (χ3v) is 24.2. The molecule has 764 valence electrons. The minimum Gasteiger partial charge on any atom is -0.463 e. The van der Waals surface area contributed by atoms with E-state index >= 15 is 0 Å². The fourth-order valence-electron chi connectivity index (χ4n) is 10.4. The second-order valence-electron chi connectivity index (χ2n) is 30.8. The topological polar surface area (TPSA) is 660 Å². The lowest BCUT2D eigenvalue weighted by molar-refractivity contribution is -0.143. The first-order valence-corrected chi connectivity index (χ1v) is 52.3. The standard InChI is InChI=1S/C17H29N6O4P.C14H23ClN5O4P.C11H17N6O4P.C11H23O6P.C9H21O5P.C5H4ClN5.C5H9ClO3.C3H6O2.CH4/c1-11(2)26-28(24,27-12(3)4)10-25-8-7-23-9-19-14-15(20-13-5-6-13)21-17(18)22-16(14)23;1-9(2)23-25(21,24-10(3)4)8-22-6-5-20-7-17-11-12(15)18-14(16)19-13(11)20;12-11-15-9(14-7-1-2-7)8-10(16-11)17(5-13-8)3-4-21-6-22(18,19)20;1-9(2)16-18(13,17-10(3)4)8-14-6-7-15-11(5)12;1-8(2)13-15(11,14-9(3)4)7-12-6-5-10;6-3-2-4(9-1-8-2)11-5(7)10-3;1-5(7)9-3-2-8-4-6;1-2-5-3-4-1;/h9,11-13H,5-8,10H2,1-4H3,(H3,18,20,21,22);7,9-10H,5-6,8H2,1-4H3,(H2,16,18,19);5,7H,1-4,6H2,(H2,18,19,20)(H3,12,14,15,16);9-10H,6-8H2,1-5H3;8-10H,5-7H2,1-4H3;1H,(H3,7,8,9,10,11);2-4H2,1H3;1-3H2;1H4. The van der Waals surface area contributed by atoms with Gasteiger partial charge in [-0.25, -0.2) is 19.9 Å². The van der Waals surface area contributed by atoms with Crippen LogP contribution in [-0.4, -0.2) is 284 Å². The number of anilines is 6. The Labute approximate surface area is 794 Å². The van der Waals surface area contributed by atoms with E-state index in [0.717, 1.165) is 38.9 Å². The molecule has 0 atom stereocenters. The van der Waals surface area contributed by atoms with Crippen LogP contribution in [-0.2, 0) is 136 Å². The van der Waals surface area contributed by atoms with Crippen molar-refractivity contribution in [3.8, 4) is 0 Å². The number of nitrogen functional groups attached to an aromatic ring is 4. The van der Waals surface area contributed by atoms with Crippen molar-refractivity contribution in [2.24, 2.45) is 0 Å². The fourth-order valence-corrected chi connectivity index (χ4v) is 18.5. The van der Waals surface area contributed by atoms with Crippen LogP contribution in [0.4, 0.5) is 35.4 Å². The van der Waals surface area contributed by atoms with Crippen molar-refractivity contribution in [1.29, 1.82) is 0 Å². The third kappa shape index (κ3) is 51.2. The number of halogens is 3. The number of alkyl halides is 1. The van der Waals surface area contributed by atoms with Gasteiger partial charge in [0.1, 0.15) is 68.8 Å². The second-order valence-corrected chi connectivity index (χ2v) is 40.9. The summed E-state index contributed by atoms with van der Waals surface area (Å²) in [4.78, 5) is 90.0. The minimum absolute atomic E-state index is 0. The summed E-state index contributed by atoms with van der Waals surface area (Å²) in [6, 6.07) is 0.984. The van der Waals surface area contributed by atoms with E-state index in [2.05, 4.69) is 89.6 Å². The van der Waals surface area contributed by atoms with E-state index < -0.39 is 44.3 Å². The Morgan fingerprint density at radius 1 is 0.448 bits per heavy atom. The van der Waals surface area contributed by atoms with Gasteiger partial charge in [0, 0.05) is 45.6 Å². The number of aromatic nitrogens is 16. The highest BCUT2D eigenvalue weighted by Crippen LogP contribution is 2.53. The van der Waals surface area contributed by atoms with Gasteiger partial charge in [-0.15, -0.1) is 0 Å². The van der Waals surface area contributed by atoms with Crippen LogP contribution >= 0.6 is 72.8 Å². The number of carbonyl (C=O) groups is 2. The van der Waals surface area contributed by atoms with Crippen molar-refractivity contribution in [2.75, 3.05) is 151 Å². The van der Waals surface area contributed by atoms with Gasteiger partial charge in [0.2, 0.25) is 23.8 Å². The molecule has 1 saturated heterocycles. The van der Waals surface area contributed by atoms with Crippen LogP contribution in [0.25, 0.3) is 44.7 Å². The van der Waals surface area contributed by atoms with Gasteiger partial charge in [-0.05, 0) is 136 Å². The average Bonchev–Trinajstić information content (AvgIpc) is 1.65. The number of imidazole rings is 4. The monoisotopic (exact) mass is 2060 g/mol. The third-order valence-electron chi connectivity index (χ3n) is 15.1. The van der Waals surface area contributed by atoms with Crippen molar-refractivity contribution in [2.45, 2.75) is 238 Å². The smallest absolute Gasteiger partial charge is 0.356 e. The molecule has 1 aliphatic heterocycles. The first-order valence-electron chi connectivity index (χ1n) is 42.3. The van der Waals surface area contributed by atoms with Gasteiger partial charge in [-0.3, -0.25) is 32.4 Å². The number of H-pyrrole nitrogens is 1. The summed E-state index contributed by atoms with van der Waals surface area (Å²) in [5.41, 5.74) is 27.1. The number of fused-ring (bicyclic) bond motifs is 4. The summed E-state index contributed by atoms with van der Waals surface area (Å²) in [6.45, 7) is 36.2.